The van der Waals surface area contributed by atoms with Crippen LogP contribution in [0.5, 0.6) is 0 Å². The van der Waals surface area contributed by atoms with Gasteiger partial charge in [-0.15, -0.1) is 0 Å². The van der Waals surface area contributed by atoms with Crippen molar-refractivity contribution in [2.45, 2.75) is 18.4 Å². The highest BCUT2D eigenvalue weighted by atomic mass is 32.2. The van der Waals surface area contributed by atoms with Crippen LogP contribution in [-0.4, -0.2) is 50.6 Å². The van der Waals surface area contributed by atoms with E-state index in [1.807, 2.05) is 12.1 Å². The van der Waals surface area contributed by atoms with Gasteiger partial charge in [-0.05, 0) is 29.8 Å². The molecule has 8 heteroatoms. The van der Waals surface area contributed by atoms with Crippen LogP contribution in [0.3, 0.4) is 0 Å². The maximum Gasteiger partial charge on any atom is 0.255 e. The molecule has 27 heavy (non-hydrogen) atoms. The fourth-order valence-corrected chi connectivity index (χ4v) is 3.30. The quantitative estimate of drug-likeness (QED) is 0.820. The summed E-state index contributed by atoms with van der Waals surface area (Å²) in [5, 5.41) is 2.79. The first-order valence-corrected chi connectivity index (χ1v) is 9.70. The Morgan fingerprint density at radius 3 is 2.30 bits per heavy atom. The Morgan fingerprint density at radius 2 is 1.67 bits per heavy atom. The summed E-state index contributed by atoms with van der Waals surface area (Å²) in [5.41, 5.74) is 1.57. The minimum atomic E-state index is -3.63. The zero-order valence-electron chi connectivity index (χ0n) is 15.8. The molecule has 2 amide bonds. The van der Waals surface area contributed by atoms with E-state index >= 15 is 0 Å². The zero-order chi connectivity index (χ0) is 20.2. The van der Waals surface area contributed by atoms with Gasteiger partial charge in [-0.1, -0.05) is 24.3 Å². The third kappa shape index (κ3) is 4.93. The van der Waals surface area contributed by atoms with Crippen LogP contribution in [0.2, 0.25) is 0 Å². The van der Waals surface area contributed by atoms with Gasteiger partial charge in [-0.2, -0.15) is 0 Å². The Balaban J connectivity index is 2.28. The third-order valence-electron chi connectivity index (χ3n) is 4.09. The number of benzene rings is 2. The summed E-state index contributed by atoms with van der Waals surface area (Å²) in [6, 6.07) is 13.0. The van der Waals surface area contributed by atoms with Gasteiger partial charge in [0.15, 0.2) is 0 Å². The van der Waals surface area contributed by atoms with E-state index in [9.17, 15) is 18.0 Å². The van der Waals surface area contributed by atoms with E-state index in [0.717, 1.165) is 9.87 Å². The first-order valence-electron chi connectivity index (χ1n) is 8.26. The van der Waals surface area contributed by atoms with Gasteiger partial charge in [0.05, 0.1) is 4.90 Å². The molecule has 0 aromatic heterocycles. The summed E-state index contributed by atoms with van der Waals surface area (Å²) < 4.78 is 25.6. The number of nitrogens with zero attached hydrogens (tertiary/aromatic N) is 2. The normalized spacial score (nSPS) is 11.3. The summed E-state index contributed by atoms with van der Waals surface area (Å²) in [6.45, 7) is 1.82. The molecular formula is C19H23N3O4S. The van der Waals surface area contributed by atoms with Gasteiger partial charge in [0.1, 0.15) is 0 Å². The molecule has 0 aliphatic rings. The lowest BCUT2D eigenvalue weighted by molar-refractivity contribution is -0.128. The molecule has 144 valence electrons. The van der Waals surface area contributed by atoms with E-state index < -0.39 is 15.9 Å². The van der Waals surface area contributed by atoms with Crippen LogP contribution >= 0.6 is 0 Å². The second-order valence-electron chi connectivity index (χ2n) is 6.30. The Labute approximate surface area is 159 Å². The molecule has 2 aromatic rings. The SMILES string of the molecule is CC(=O)N(C)Cc1ccccc1NC(=O)c1cccc(S(=O)(=O)N(C)C)c1. The van der Waals surface area contributed by atoms with Crippen molar-refractivity contribution in [1.82, 2.24) is 9.21 Å². The molecule has 0 bridgehead atoms. The molecule has 7 nitrogen and oxygen atoms in total. The van der Waals surface area contributed by atoms with Crippen molar-refractivity contribution in [3.05, 3.63) is 59.7 Å². The molecule has 0 atom stereocenters. The topological polar surface area (TPSA) is 86.8 Å². The number of rotatable bonds is 6. The lowest BCUT2D eigenvalue weighted by Gasteiger charge is -2.18. The van der Waals surface area contributed by atoms with Crippen molar-refractivity contribution in [2.24, 2.45) is 0 Å². The molecule has 0 aliphatic heterocycles. The molecule has 0 spiro atoms. The first kappa shape index (κ1) is 20.6. The zero-order valence-corrected chi connectivity index (χ0v) is 16.6. The van der Waals surface area contributed by atoms with E-state index in [0.29, 0.717) is 12.2 Å². The largest absolute Gasteiger partial charge is 0.342 e. The third-order valence-corrected chi connectivity index (χ3v) is 5.90. The molecule has 0 aliphatic carbocycles. The minimum Gasteiger partial charge on any atom is -0.342 e. The Morgan fingerprint density at radius 1 is 1.00 bits per heavy atom. The smallest absolute Gasteiger partial charge is 0.255 e. The number of anilines is 1. The maximum absolute atomic E-state index is 12.6. The number of nitrogens with one attached hydrogen (secondary N) is 1. The fourth-order valence-electron chi connectivity index (χ4n) is 2.35. The van der Waals surface area contributed by atoms with Crippen molar-refractivity contribution < 1.29 is 18.0 Å². The van der Waals surface area contributed by atoms with Crippen LogP contribution in [0.25, 0.3) is 0 Å². The van der Waals surface area contributed by atoms with Crippen LogP contribution in [0.1, 0.15) is 22.8 Å². The van der Waals surface area contributed by atoms with Gasteiger partial charge >= 0.3 is 0 Å². The monoisotopic (exact) mass is 389 g/mol. The summed E-state index contributed by atoms with van der Waals surface area (Å²) >= 11 is 0. The Bertz CT molecular complexity index is 955. The minimum absolute atomic E-state index is 0.0461. The van der Waals surface area contributed by atoms with Gasteiger partial charge in [0, 0.05) is 45.9 Å². The maximum atomic E-state index is 12.6. The molecule has 2 aromatic carbocycles. The second kappa shape index (κ2) is 8.32. The predicted molar refractivity (Wildman–Crippen MR) is 104 cm³/mol. The van der Waals surface area contributed by atoms with Crippen LogP contribution in [0, 0.1) is 0 Å². The standard InChI is InChI=1S/C19H23N3O4S/c1-14(23)22(4)13-16-8-5-6-11-18(16)20-19(24)15-9-7-10-17(12-15)27(25,26)21(2)3/h5-12H,13H2,1-4H3,(H,20,24). The number of hydrogen-bond acceptors (Lipinski definition) is 4. The summed E-state index contributed by atoms with van der Waals surface area (Å²) in [7, 11) is 0.916. The lowest BCUT2D eigenvalue weighted by atomic mass is 10.1. The van der Waals surface area contributed by atoms with Gasteiger partial charge in [0.2, 0.25) is 15.9 Å². The highest BCUT2D eigenvalue weighted by Crippen LogP contribution is 2.20. The van der Waals surface area contributed by atoms with E-state index in [2.05, 4.69) is 5.32 Å². The summed E-state index contributed by atoms with van der Waals surface area (Å²) in [4.78, 5) is 25.7. The van der Waals surface area contributed by atoms with E-state index in [-0.39, 0.29) is 16.4 Å². The van der Waals surface area contributed by atoms with Crippen molar-refractivity contribution in [3.8, 4) is 0 Å². The molecule has 0 fully saturated rings. The molecule has 0 unspecified atom stereocenters. The van der Waals surface area contributed by atoms with Crippen molar-refractivity contribution in [1.29, 1.82) is 0 Å². The molecule has 0 saturated heterocycles. The van der Waals surface area contributed by atoms with Crippen molar-refractivity contribution >= 4 is 27.5 Å². The van der Waals surface area contributed by atoms with Gasteiger partial charge < -0.3 is 10.2 Å². The van der Waals surface area contributed by atoms with Crippen LogP contribution in [0.15, 0.2) is 53.4 Å². The summed E-state index contributed by atoms with van der Waals surface area (Å²) in [6.07, 6.45) is 0. The van der Waals surface area contributed by atoms with E-state index in [1.165, 1.54) is 44.1 Å². The molecule has 0 heterocycles. The summed E-state index contributed by atoms with van der Waals surface area (Å²) in [5.74, 6) is -0.513. The average molecular weight is 389 g/mol. The highest BCUT2D eigenvalue weighted by molar-refractivity contribution is 7.89. The number of sulfonamides is 1. The van der Waals surface area contributed by atoms with Crippen LogP contribution in [-0.2, 0) is 21.4 Å². The lowest BCUT2D eigenvalue weighted by Crippen LogP contribution is -2.24. The van der Waals surface area contributed by atoms with E-state index in [1.54, 1.807) is 25.2 Å². The molecule has 0 saturated carbocycles. The van der Waals surface area contributed by atoms with Gasteiger partial charge in [0.25, 0.3) is 5.91 Å². The molecule has 0 radical (unpaired) electrons. The van der Waals surface area contributed by atoms with Gasteiger partial charge in [-0.3, -0.25) is 9.59 Å². The molecular weight excluding hydrogens is 366 g/mol. The van der Waals surface area contributed by atoms with E-state index in [4.69, 9.17) is 0 Å². The number of hydrogen-bond donors (Lipinski definition) is 1. The number of carbonyl (C=O) groups is 2. The fraction of sp³-hybridized carbons (Fsp3) is 0.263. The Hall–Kier alpha value is -2.71. The Kier molecular flexibility index (Phi) is 6.35. The van der Waals surface area contributed by atoms with Gasteiger partial charge in [-0.25, -0.2) is 12.7 Å². The van der Waals surface area contributed by atoms with Crippen LogP contribution < -0.4 is 5.32 Å². The molecule has 1 N–H and O–H groups in total. The van der Waals surface area contributed by atoms with Crippen LogP contribution in [0.4, 0.5) is 5.69 Å². The first-order chi connectivity index (χ1) is 12.6. The predicted octanol–water partition coefficient (Wildman–Crippen LogP) is 2.17. The number of para-hydroxylation sites is 1. The molecule has 2 rings (SSSR count). The number of amides is 2. The second-order valence-corrected chi connectivity index (χ2v) is 8.45. The highest BCUT2D eigenvalue weighted by Gasteiger charge is 2.19. The van der Waals surface area contributed by atoms with Crippen molar-refractivity contribution in [2.75, 3.05) is 26.5 Å². The number of carbonyl (C=O) groups excluding carboxylic acids is 2. The van der Waals surface area contributed by atoms with Crippen molar-refractivity contribution in [3.63, 3.8) is 0 Å². The average Bonchev–Trinajstić information content (AvgIpc) is 2.63.